The molecule has 1 heterocycles. The number of rotatable bonds is 3. The highest BCUT2D eigenvalue weighted by molar-refractivity contribution is 5.84. The summed E-state index contributed by atoms with van der Waals surface area (Å²) in [6.07, 6.45) is 0.716. The number of aliphatic hydroxyl groups excluding tert-OH is 1. The topological polar surface area (TPSA) is 38.7 Å². The van der Waals surface area contributed by atoms with Crippen LogP contribution in [0.4, 0.5) is 0 Å². The maximum atomic E-state index is 10.5. The highest BCUT2D eigenvalue weighted by atomic mass is 16.5. The zero-order valence-electron chi connectivity index (χ0n) is 11.9. The summed E-state index contributed by atoms with van der Waals surface area (Å²) >= 11 is 0. The molecule has 0 amide bonds. The summed E-state index contributed by atoms with van der Waals surface area (Å²) in [6, 6.07) is 12.1. The number of benzene rings is 2. The lowest BCUT2D eigenvalue weighted by atomic mass is 9.92. The Morgan fingerprint density at radius 3 is 2.65 bits per heavy atom. The van der Waals surface area contributed by atoms with Crippen LogP contribution in [0.2, 0.25) is 0 Å². The number of ether oxygens (including phenoxy) is 2. The summed E-state index contributed by atoms with van der Waals surface area (Å²) in [5.74, 6) is 1.05. The number of aliphatic hydroxyl groups is 1. The first kappa shape index (κ1) is 13.4. The van der Waals surface area contributed by atoms with Crippen LogP contribution in [0.5, 0.6) is 5.75 Å². The Bertz CT molecular complexity index is 608. The maximum absolute atomic E-state index is 10.5. The molecule has 3 unspecified atom stereocenters. The second-order valence-electron chi connectivity index (χ2n) is 5.56. The lowest BCUT2D eigenvalue weighted by molar-refractivity contribution is 0.0805. The van der Waals surface area contributed by atoms with E-state index in [-0.39, 0.29) is 12.0 Å². The molecule has 0 bridgehead atoms. The molecule has 2 aromatic rings. The molecule has 0 radical (unpaired) electrons. The van der Waals surface area contributed by atoms with Crippen molar-refractivity contribution in [3.63, 3.8) is 0 Å². The largest absolute Gasteiger partial charge is 0.497 e. The van der Waals surface area contributed by atoms with Crippen molar-refractivity contribution in [2.45, 2.75) is 25.6 Å². The van der Waals surface area contributed by atoms with Gasteiger partial charge in [-0.3, -0.25) is 0 Å². The molecule has 1 aliphatic heterocycles. The van der Waals surface area contributed by atoms with Crippen LogP contribution in [0.25, 0.3) is 10.8 Å². The molecule has 106 valence electrons. The van der Waals surface area contributed by atoms with Crippen LogP contribution in [-0.4, -0.2) is 24.9 Å². The fourth-order valence-electron chi connectivity index (χ4n) is 2.90. The number of hydrogen-bond acceptors (Lipinski definition) is 3. The Kier molecular flexibility index (Phi) is 3.64. The van der Waals surface area contributed by atoms with Gasteiger partial charge in [-0.05, 0) is 47.9 Å². The molecule has 1 aliphatic rings. The fourth-order valence-corrected chi connectivity index (χ4v) is 2.90. The van der Waals surface area contributed by atoms with Gasteiger partial charge in [0.1, 0.15) is 5.75 Å². The molecule has 0 aromatic heterocycles. The van der Waals surface area contributed by atoms with Crippen molar-refractivity contribution in [1.82, 2.24) is 0 Å². The van der Waals surface area contributed by atoms with Crippen molar-refractivity contribution in [3.8, 4) is 5.75 Å². The first-order chi connectivity index (χ1) is 9.67. The number of methoxy groups -OCH3 is 1. The van der Waals surface area contributed by atoms with Gasteiger partial charge in [0.25, 0.3) is 0 Å². The van der Waals surface area contributed by atoms with Gasteiger partial charge in [0.15, 0.2) is 0 Å². The lowest BCUT2D eigenvalue weighted by Crippen LogP contribution is -2.12. The van der Waals surface area contributed by atoms with E-state index >= 15 is 0 Å². The molecular weight excluding hydrogens is 252 g/mol. The van der Waals surface area contributed by atoms with E-state index in [0.717, 1.165) is 28.5 Å². The monoisotopic (exact) mass is 272 g/mol. The summed E-state index contributed by atoms with van der Waals surface area (Å²) in [7, 11) is 1.67. The van der Waals surface area contributed by atoms with Gasteiger partial charge in [0.05, 0.1) is 25.9 Å². The van der Waals surface area contributed by atoms with Crippen molar-refractivity contribution in [3.05, 3.63) is 42.0 Å². The second-order valence-corrected chi connectivity index (χ2v) is 5.56. The summed E-state index contributed by atoms with van der Waals surface area (Å²) in [5, 5.41) is 12.7. The summed E-state index contributed by atoms with van der Waals surface area (Å²) in [5.41, 5.74) is 0.963. The first-order valence-corrected chi connectivity index (χ1v) is 7.05. The maximum Gasteiger partial charge on any atom is 0.119 e. The Hall–Kier alpha value is -1.58. The van der Waals surface area contributed by atoms with Gasteiger partial charge in [-0.15, -0.1) is 0 Å². The quantitative estimate of drug-likeness (QED) is 0.931. The van der Waals surface area contributed by atoms with Crippen LogP contribution in [0.15, 0.2) is 36.4 Å². The lowest BCUT2D eigenvalue weighted by Gasteiger charge is -2.17. The molecule has 1 N–H and O–H groups in total. The van der Waals surface area contributed by atoms with Crippen LogP contribution < -0.4 is 4.74 Å². The van der Waals surface area contributed by atoms with E-state index in [4.69, 9.17) is 9.47 Å². The summed E-state index contributed by atoms with van der Waals surface area (Å²) < 4.78 is 10.8. The molecule has 3 rings (SSSR count). The van der Waals surface area contributed by atoms with Crippen LogP contribution in [0, 0.1) is 5.92 Å². The third-order valence-electron chi connectivity index (χ3n) is 4.09. The molecule has 2 aromatic carbocycles. The van der Waals surface area contributed by atoms with E-state index < -0.39 is 6.10 Å². The normalized spacial score (nSPS) is 23.9. The zero-order chi connectivity index (χ0) is 14.1. The molecular formula is C17H20O3. The van der Waals surface area contributed by atoms with E-state index in [0.29, 0.717) is 6.61 Å². The second kappa shape index (κ2) is 5.43. The molecule has 0 aliphatic carbocycles. The molecule has 3 nitrogen and oxygen atoms in total. The van der Waals surface area contributed by atoms with Gasteiger partial charge in [-0.25, -0.2) is 0 Å². The van der Waals surface area contributed by atoms with Gasteiger partial charge in [0.2, 0.25) is 0 Å². The van der Waals surface area contributed by atoms with Crippen LogP contribution in [0.3, 0.4) is 0 Å². The average molecular weight is 272 g/mol. The van der Waals surface area contributed by atoms with Crippen molar-refractivity contribution >= 4 is 10.8 Å². The number of hydrogen-bond donors (Lipinski definition) is 1. The van der Waals surface area contributed by atoms with E-state index in [2.05, 4.69) is 13.0 Å². The Morgan fingerprint density at radius 2 is 1.95 bits per heavy atom. The average Bonchev–Trinajstić information content (AvgIpc) is 2.92. The summed E-state index contributed by atoms with van der Waals surface area (Å²) in [6.45, 7) is 2.70. The summed E-state index contributed by atoms with van der Waals surface area (Å²) in [4.78, 5) is 0. The minimum Gasteiger partial charge on any atom is -0.497 e. The Labute approximate surface area is 119 Å². The SMILES string of the molecule is COc1ccc2cc(C(O)C3COC(C)C3)ccc2c1. The third-order valence-corrected chi connectivity index (χ3v) is 4.09. The minimum atomic E-state index is -0.452. The van der Waals surface area contributed by atoms with E-state index in [1.165, 1.54) is 0 Å². The van der Waals surface area contributed by atoms with Crippen molar-refractivity contribution in [1.29, 1.82) is 0 Å². The van der Waals surface area contributed by atoms with E-state index in [9.17, 15) is 5.11 Å². The van der Waals surface area contributed by atoms with Crippen molar-refractivity contribution in [2.75, 3.05) is 13.7 Å². The zero-order valence-corrected chi connectivity index (χ0v) is 11.9. The van der Waals surface area contributed by atoms with Crippen LogP contribution >= 0.6 is 0 Å². The van der Waals surface area contributed by atoms with E-state index in [1.54, 1.807) is 7.11 Å². The molecule has 1 fully saturated rings. The molecule has 0 spiro atoms. The smallest absolute Gasteiger partial charge is 0.119 e. The van der Waals surface area contributed by atoms with E-state index in [1.807, 2.05) is 30.3 Å². The predicted molar refractivity (Wildman–Crippen MR) is 79.0 cm³/mol. The Morgan fingerprint density at radius 1 is 1.20 bits per heavy atom. The Balaban J connectivity index is 1.88. The molecule has 1 saturated heterocycles. The third kappa shape index (κ3) is 2.51. The van der Waals surface area contributed by atoms with Crippen LogP contribution in [0.1, 0.15) is 25.0 Å². The molecule has 3 atom stereocenters. The predicted octanol–water partition coefficient (Wildman–Crippen LogP) is 3.31. The van der Waals surface area contributed by atoms with Gasteiger partial charge >= 0.3 is 0 Å². The van der Waals surface area contributed by atoms with Crippen molar-refractivity contribution in [2.24, 2.45) is 5.92 Å². The van der Waals surface area contributed by atoms with Gasteiger partial charge in [0, 0.05) is 5.92 Å². The van der Waals surface area contributed by atoms with Crippen molar-refractivity contribution < 1.29 is 14.6 Å². The molecule has 0 saturated carbocycles. The van der Waals surface area contributed by atoms with Crippen LogP contribution in [-0.2, 0) is 4.74 Å². The van der Waals surface area contributed by atoms with Gasteiger partial charge in [-0.1, -0.05) is 18.2 Å². The highest BCUT2D eigenvalue weighted by Gasteiger charge is 2.29. The molecule has 3 heteroatoms. The van der Waals surface area contributed by atoms with Gasteiger partial charge < -0.3 is 14.6 Å². The van der Waals surface area contributed by atoms with Gasteiger partial charge in [-0.2, -0.15) is 0 Å². The standard InChI is InChI=1S/C17H20O3/c1-11-7-15(10-20-11)17(18)14-4-3-13-9-16(19-2)6-5-12(13)8-14/h3-6,8-9,11,15,17-18H,7,10H2,1-2H3. The molecule has 20 heavy (non-hydrogen) atoms. The minimum absolute atomic E-state index is 0.195. The highest BCUT2D eigenvalue weighted by Crippen LogP contribution is 2.33. The fraction of sp³-hybridized carbons (Fsp3) is 0.412. The number of fused-ring (bicyclic) bond motifs is 1. The first-order valence-electron chi connectivity index (χ1n) is 7.05.